The molecular formula is C17H19N3O3. The fourth-order valence-corrected chi connectivity index (χ4v) is 2.16. The fourth-order valence-electron chi connectivity index (χ4n) is 2.16. The first kappa shape index (κ1) is 16.6. The van der Waals surface area contributed by atoms with Crippen molar-refractivity contribution in [2.24, 2.45) is 11.0 Å². The molecule has 1 aromatic rings. The van der Waals surface area contributed by atoms with Gasteiger partial charge in [-0.3, -0.25) is 10.1 Å². The number of hydrogen-bond donors (Lipinski definition) is 2. The van der Waals surface area contributed by atoms with Gasteiger partial charge in [0.15, 0.2) is 6.61 Å². The van der Waals surface area contributed by atoms with Gasteiger partial charge in [0.2, 0.25) is 5.91 Å². The molecule has 6 heteroatoms. The third-order valence-electron chi connectivity index (χ3n) is 3.26. The molecule has 2 amide bonds. The molecule has 1 aromatic carbocycles. The van der Waals surface area contributed by atoms with Gasteiger partial charge in [0, 0.05) is 24.4 Å². The number of ether oxygens (including phenoxy) is 1. The topological polar surface area (TPSA) is 79.8 Å². The number of nitrogens with one attached hydrogen (secondary N) is 2. The van der Waals surface area contributed by atoms with E-state index in [1.807, 2.05) is 26.0 Å². The molecule has 0 saturated carbocycles. The van der Waals surface area contributed by atoms with Gasteiger partial charge in [0.25, 0.3) is 0 Å². The van der Waals surface area contributed by atoms with E-state index in [4.69, 9.17) is 4.74 Å². The highest BCUT2D eigenvalue weighted by atomic mass is 16.5. The lowest BCUT2D eigenvalue weighted by Crippen LogP contribution is -2.31. The molecule has 0 aliphatic carbocycles. The zero-order valence-electron chi connectivity index (χ0n) is 13.2. The predicted molar refractivity (Wildman–Crippen MR) is 87.9 cm³/mol. The normalized spacial score (nSPS) is 16.5. The van der Waals surface area contributed by atoms with Crippen LogP contribution in [0.3, 0.4) is 0 Å². The van der Waals surface area contributed by atoms with Gasteiger partial charge in [-0.2, -0.15) is 5.10 Å². The molecule has 120 valence electrons. The standard InChI is InChI=1S/C17H19N3O3/c1-3-4-5-10-23-17(22)18-14-8-6-13(7-9-14)16-12(2)11-15(21)19-20-16/h6-9,12H,3,10-11H2,1-2H3,(H,18,22)(H,19,21). The maximum atomic E-state index is 11.6. The largest absolute Gasteiger partial charge is 0.436 e. The van der Waals surface area contributed by atoms with Crippen LogP contribution in [0.2, 0.25) is 0 Å². The first-order chi connectivity index (χ1) is 11.1. The van der Waals surface area contributed by atoms with E-state index in [9.17, 15) is 9.59 Å². The minimum Gasteiger partial charge on any atom is -0.436 e. The summed E-state index contributed by atoms with van der Waals surface area (Å²) >= 11 is 0. The highest BCUT2D eigenvalue weighted by Gasteiger charge is 2.21. The number of hydrogen-bond acceptors (Lipinski definition) is 4. The maximum Gasteiger partial charge on any atom is 0.412 e. The summed E-state index contributed by atoms with van der Waals surface area (Å²) in [6.45, 7) is 3.96. The maximum absolute atomic E-state index is 11.6. The molecule has 1 heterocycles. The second-order valence-electron chi connectivity index (χ2n) is 5.12. The number of carbonyl (C=O) groups is 2. The number of carbonyl (C=O) groups excluding carboxylic acids is 2. The Bertz CT molecular complexity index is 669. The molecule has 0 radical (unpaired) electrons. The Labute approximate surface area is 135 Å². The molecule has 0 fully saturated rings. The van der Waals surface area contributed by atoms with Crippen molar-refractivity contribution in [2.45, 2.75) is 26.7 Å². The van der Waals surface area contributed by atoms with Crippen LogP contribution in [0.5, 0.6) is 0 Å². The van der Waals surface area contributed by atoms with Crippen LogP contribution >= 0.6 is 0 Å². The second-order valence-corrected chi connectivity index (χ2v) is 5.12. The number of anilines is 1. The van der Waals surface area contributed by atoms with Crippen LogP contribution in [0.25, 0.3) is 0 Å². The summed E-state index contributed by atoms with van der Waals surface area (Å²) in [6, 6.07) is 7.22. The quantitative estimate of drug-likeness (QED) is 0.841. The molecule has 1 unspecified atom stereocenters. The lowest BCUT2D eigenvalue weighted by molar-refractivity contribution is -0.121. The van der Waals surface area contributed by atoms with Crippen molar-refractivity contribution < 1.29 is 14.3 Å². The Morgan fingerprint density at radius 2 is 2.13 bits per heavy atom. The van der Waals surface area contributed by atoms with Crippen molar-refractivity contribution in [2.75, 3.05) is 11.9 Å². The number of hydrazone groups is 1. The Balaban J connectivity index is 1.94. The summed E-state index contributed by atoms with van der Waals surface area (Å²) in [5, 5.41) is 6.73. The highest BCUT2D eigenvalue weighted by Crippen LogP contribution is 2.18. The Kier molecular flexibility index (Phi) is 5.75. The van der Waals surface area contributed by atoms with Crippen molar-refractivity contribution in [3.8, 4) is 11.8 Å². The predicted octanol–water partition coefficient (Wildman–Crippen LogP) is 2.51. The molecule has 0 saturated heterocycles. The minimum atomic E-state index is -0.543. The van der Waals surface area contributed by atoms with Crippen molar-refractivity contribution in [1.82, 2.24) is 5.43 Å². The van der Waals surface area contributed by atoms with Gasteiger partial charge < -0.3 is 4.74 Å². The van der Waals surface area contributed by atoms with E-state index in [0.717, 1.165) is 17.7 Å². The van der Waals surface area contributed by atoms with Gasteiger partial charge in [-0.15, -0.1) is 5.92 Å². The summed E-state index contributed by atoms with van der Waals surface area (Å²) in [7, 11) is 0. The van der Waals surface area contributed by atoms with E-state index in [2.05, 4.69) is 27.7 Å². The van der Waals surface area contributed by atoms with Gasteiger partial charge in [-0.25, -0.2) is 10.2 Å². The molecular weight excluding hydrogens is 294 g/mol. The smallest absolute Gasteiger partial charge is 0.412 e. The lowest BCUT2D eigenvalue weighted by atomic mass is 9.94. The molecule has 6 nitrogen and oxygen atoms in total. The lowest BCUT2D eigenvalue weighted by Gasteiger charge is -2.19. The van der Waals surface area contributed by atoms with Crippen LogP contribution in [0.4, 0.5) is 10.5 Å². The Morgan fingerprint density at radius 3 is 2.78 bits per heavy atom. The highest BCUT2D eigenvalue weighted by molar-refractivity contribution is 6.06. The van der Waals surface area contributed by atoms with Crippen LogP contribution in [-0.4, -0.2) is 24.3 Å². The number of benzene rings is 1. The molecule has 1 aliphatic heterocycles. The van der Waals surface area contributed by atoms with Gasteiger partial charge in [0.05, 0.1) is 5.71 Å². The Hall–Kier alpha value is -2.81. The molecule has 0 aromatic heterocycles. The van der Waals surface area contributed by atoms with Crippen LogP contribution in [0.1, 0.15) is 32.3 Å². The van der Waals surface area contributed by atoms with Gasteiger partial charge in [-0.05, 0) is 17.7 Å². The Morgan fingerprint density at radius 1 is 1.39 bits per heavy atom. The molecule has 2 rings (SSSR count). The zero-order chi connectivity index (χ0) is 16.7. The van der Waals surface area contributed by atoms with E-state index in [0.29, 0.717) is 12.1 Å². The summed E-state index contributed by atoms with van der Waals surface area (Å²) in [6.07, 6.45) is 0.609. The van der Waals surface area contributed by atoms with Crippen molar-refractivity contribution in [3.05, 3.63) is 29.8 Å². The van der Waals surface area contributed by atoms with E-state index in [1.54, 1.807) is 12.1 Å². The van der Waals surface area contributed by atoms with Crippen LogP contribution < -0.4 is 10.7 Å². The average molecular weight is 313 g/mol. The number of amides is 2. The third-order valence-corrected chi connectivity index (χ3v) is 3.26. The summed E-state index contributed by atoms with van der Waals surface area (Å²) in [5.74, 6) is 5.53. The molecule has 2 N–H and O–H groups in total. The van der Waals surface area contributed by atoms with E-state index < -0.39 is 6.09 Å². The van der Waals surface area contributed by atoms with Gasteiger partial charge in [-0.1, -0.05) is 31.9 Å². The van der Waals surface area contributed by atoms with E-state index >= 15 is 0 Å². The van der Waals surface area contributed by atoms with Gasteiger partial charge >= 0.3 is 6.09 Å². The van der Waals surface area contributed by atoms with Crippen molar-refractivity contribution >= 4 is 23.4 Å². The average Bonchev–Trinajstić information content (AvgIpc) is 2.53. The molecule has 1 aliphatic rings. The van der Waals surface area contributed by atoms with Gasteiger partial charge in [0.1, 0.15) is 0 Å². The van der Waals surface area contributed by atoms with Crippen molar-refractivity contribution in [3.63, 3.8) is 0 Å². The summed E-state index contributed by atoms with van der Waals surface area (Å²) < 4.78 is 4.93. The fraction of sp³-hybridized carbons (Fsp3) is 0.353. The number of rotatable bonds is 3. The first-order valence-corrected chi connectivity index (χ1v) is 7.46. The SMILES string of the molecule is CCC#CCOC(=O)Nc1ccc(C2=NNC(=O)CC2C)cc1. The first-order valence-electron chi connectivity index (χ1n) is 7.46. The molecule has 0 spiro atoms. The van der Waals surface area contributed by atoms with E-state index in [1.165, 1.54) is 0 Å². The zero-order valence-corrected chi connectivity index (χ0v) is 13.2. The summed E-state index contributed by atoms with van der Waals surface area (Å²) in [4.78, 5) is 22.8. The number of nitrogens with zero attached hydrogens (tertiary/aromatic N) is 1. The van der Waals surface area contributed by atoms with Crippen LogP contribution in [0, 0.1) is 17.8 Å². The molecule has 0 bridgehead atoms. The van der Waals surface area contributed by atoms with E-state index in [-0.39, 0.29) is 18.4 Å². The minimum absolute atomic E-state index is 0.0599. The molecule has 23 heavy (non-hydrogen) atoms. The second kappa shape index (κ2) is 7.99. The van der Waals surface area contributed by atoms with Crippen LogP contribution in [0.15, 0.2) is 29.4 Å². The third kappa shape index (κ3) is 4.85. The molecule has 1 atom stereocenters. The summed E-state index contributed by atoms with van der Waals surface area (Å²) in [5.41, 5.74) is 4.84. The monoisotopic (exact) mass is 313 g/mol. The van der Waals surface area contributed by atoms with Crippen molar-refractivity contribution in [1.29, 1.82) is 0 Å². The van der Waals surface area contributed by atoms with Crippen LogP contribution in [-0.2, 0) is 9.53 Å².